The Morgan fingerprint density at radius 2 is 2.16 bits per heavy atom. The Balaban J connectivity index is 2.08. The maximum Gasteiger partial charge on any atom is 0.274 e. The van der Waals surface area contributed by atoms with Gasteiger partial charge in [-0.1, -0.05) is 18.2 Å². The third-order valence-corrected chi connectivity index (χ3v) is 2.83. The van der Waals surface area contributed by atoms with Crippen LogP contribution in [0.15, 0.2) is 42.9 Å². The lowest BCUT2D eigenvalue weighted by atomic mass is 10.1. The molecular formula is C13H14N4O2. The van der Waals surface area contributed by atoms with Crippen LogP contribution < -0.4 is 5.32 Å². The summed E-state index contributed by atoms with van der Waals surface area (Å²) in [5, 5.41) is 14.2. The minimum absolute atomic E-state index is 0.128. The Morgan fingerprint density at radius 3 is 2.84 bits per heavy atom. The molecule has 0 amide bonds. The zero-order chi connectivity index (χ0) is 13.7. The minimum atomic E-state index is -0.363. The summed E-state index contributed by atoms with van der Waals surface area (Å²) in [7, 11) is 0. The molecule has 0 radical (unpaired) electrons. The molecule has 1 N–H and O–H groups in total. The largest absolute Gasteiger partial charge is 0.304 e. The van der Waals surface area contributed by atoms with Gasteiger partial charge in [0.05, 0.1) is 10.6 Å². The third-order valence-electron chi connectivity index (χ3n) is 2.83. The van der Waals surface area contributed by atoms with E-state index in [0.717, 1.165) is 5.69 Å². The highest BCUT2D eigenvalue weighted by atomic mass is 16.6. The van der Waals surface area contributed by atoms with E-state index in [2.05, 4.69) is 15.3 Å². The van der Waals surface area contributed by atoms with Crippen molar-refractivity contribution in [2.45, 2.75) is 19.5 Å². The zero-order valence-electron chi connectivity index (χ0n) is 10.5. The van der Waals surface area contributed by atoms with Gasteiger partial charge in [-0.15, -0.1) is 0 Å². The standard InChI is InChI=1S/C13H14N4O2/c1-10(15-8-11-6-7-14-9-16-11)12-4-2-3-5-13(12)17(18)19/h2-7,9-10,15H,8H2,1H3. The van der Waals surface area contributed by atoms with Crippen molar-refractivity contribution in [3.8, 4) is 0 Å². The van der Waals surface area contributed by atoms with Crippen LogP contribution in [-0.2, 0) is 6.54 Å². The predicted molar refractivity (Wildman–Crippen MR) is 70.4 cm³/mol. The first-order valence-electron chi connectivity index (χ1n) is 5.90. The normalized spacial score (nSPS) is 12.1. The van der Waals surface area contributed by atoms with Crippen molar-refractivity contribution in [1.82, 2.24) is 15.3 Å². The SMILES string of the molecule is CC(NCc1ccncn1)c1ccccc1[N+](=O)[O-]. The molecule has 0 saturated carbocycles. The number of para-hydroxylation sites is 1. The molecule has 0 aliphatic heterocycles. The van der Waals surface area contributed by atoms with Gasteiger partial charge < -0.3 is 5.32 Å². The molecule has 2 aromatic rings. The summed E-state index contributed by atoms with van der Waals surface area (Å²) in [4.78, 5) is 18.5. The van der Waals surface area contributed by atoms with Crippen molar-refractivity contribution in [3.63, 3.8) is 0 Å². The number of nitro benzene ring substituents is 1. The second-order valence-electron chi connectivity index (χ2n) is 4.12. The lowest BCUT2D eigenvalue weighted by Gasteiger charge is -2.13. The molecule has 1 unspecified atom stereocenters. The Bertz CT molecular complexity index is 560. The van der Waals surface area contributed by atoms with E-state index < -0.39 is 0 Å². The Morgan fingerprint density at radius 1 is 1.37 bits per heavy atom. The van der Waals surface area contributed by atoms with E-state index in [4.69, 9.17) is 0 Å². The lowest BCUT2D eigenvalue weighted by Crippen LogP contribution is -2.19. The van der Waals surface area contributed by atoms with Crippen LogP contribution in [0.25, 0.3) is 0 Å². The van der Waals surface area contributed by atoms with E-state index in [-0.39, 0.29) is 16.7 Å². The van der Waals surface area contributed by atoms with Crippen LogP contribution in [0.4, 0.5) is 5.69 Å². The van der Waals surface area contributed by atoms with Gasteiger partial charge in [0.1, 0.15) is 6.33 Å². The zero-order valence-corrected chi connectivity index (χ0v) is 10.5. The van der Waals surface area contributed by atoms with Crippen molar-refractivity contribution in [1.29, 1.82) is 0 Å². The molecule has 0 spiro atoms. The molecule has 0 aliphatic carbocycles. The first kappa shape index (κ1) is 13.1. The molecule has 1 aromatic carbocycles. The van der Waals surface area contributed by atoms with E-state index >= 15 is 0 Å². The highest BCUT2D eigenvalue weighted by Gasteiger charge is 2.17. The summed E-state index contributed by atoms with van der Waals surface area (Å²) >= 11 is 0. The smallest absolute Gasteiger partial charge is 0.274 e. The predicted octanol–water partition coefficient (Wildman–Crippen LogP) is 2.24. The summed E-state index contributed by atoms with van der Waals surface area (Å²) in [6, 6.07) is 8.41. The fourth-order valence-corrected chi connectivity index (χ4v) is 1.81. The monoisotopic (exact) mass is 258 g/mol. The van der Waals surface area contributed by atoms with Crippen LogP contribution in [0.1, 0.15) is 24.2 Å². The second-order valence-corrected chi connectivity index (χ2v) is 4.12. The Kier molecular flexibility index (Phi) is 4.15. The van der Waals surface area contributed by atoms with Crippen molar-refractivity contribution >= 4 is 5.69 Å². The Labute approximate surface area is 110 Å². The highest BCUT2D eigenvalue weighted by molar-refractivity contribution is 5.41. The van der Waals surface area contributed by atoms with E-state index in [9.17, 15) is 10.1 Å². The molecule has 0 fully saturated rings. The molecule has 1 heterocycles. The average Bonchev–Trinajstić information content (AvgIpc) is 2.46. The lowest BCUT2D eigenvalue weighted by molar-refractivity contribution is -0.385. The van der Waals surface area contributed by atoms with Gasteiger partial charge in [0.25, 0.3) is 5.69 Å². The number of aromatic nitrogens is 2. The van der Waals surface area contributed by atoms with E-state index in [0.29, 0.717) is 12.1 Å². The molecule has 0 aliphatic rings. The molecule has 6 heteroatoms. The van der Waals surface area contributed by atoms with Gasteiger partial charge in [0.15, 0.2) is 0 Å². The topological polar surface area (TPSA) is 81.0 Å². The van der Waals surface area contributed by atoms with Crippen LogP contribution in [0, 0.1) is 10.1 Å². The molecule has 98 valence electrons. The Hall–Kier alpha value is -2.34. The van der Waals surface area contributed by atoms with Crippen LogP contribution in [-0.4, -0.2) is 14.9 Å². The van der Waals surface area contributed by atoms with Crippen molar-refractivity contribution in [2.75, 3.05) is 0 Å². The summed E-state index contributed by atoms with van der Waals surface area (Å²) in [5.74, 6) is 0. The van der Waals surface area contributed by atoms with Gasteiger partial charge in [-0.2, -0.15) is 0 Å². The first-order chi connectivity index (χ1) is 9.18. The molecule has 1 atom stereocenters. The van der Waals surface area contributed by atoms with Crippen LogP contribution in [0.2, 0.25) is 0 Å². The number of benzene rings is 1. The number of hydrogen-bond acceptors (Lipinski definition) is 5. The maximum atomic E-state index is 11.0. The number of hydrogen-bond donors (Lipinski definition) is 1. The second kappa shape index (κ2) is 6.01. The summed E-state index contributed by atoms with van der Waals surface area (Å²) in [6.45, 7) is 2.43. The fraction of sp³-hybridized carbons (Fsp3) is 0.231. The summed E-state index contributed by atoms with van der Waals surface area (Å²) < 4.78 is 0. The maximum absolute atomic E-state index is 11.0. The molecule has 0 saturated heterocycles. The molecule has 0 bridgehead atoms. The number of nitrogens with zero attached hydrogens (tertiary/aromatic N) is 3. The number of nitrogens with one attached hydrogen (secondary N) is 1. The number of rotatable bonds is 5. The van der Waals surface area contributed by atoms with Gasteiger partial charge in [0, 0.05) is 30.4 Å². The summed E-state index contributed by atoms with van der Waals surface area (Å²) in [5.41, 5.74) is 1.65. The highest BCUT2D eigenvalue weighted by Crippen LogP contribution is 2.24. The molecule has 6 nitrogen and oxygen atoms in total. The van der Waals surface area contributed by atoms with Gasteiger partial charge in [-0.3, -0.25) is 10.1 Å². The van der Waals surface area contributed by atoms with Gasteiger partial charge in [-0.05, 0) is 13.0 Å². The molecule has 19 heavy (non-hydrogen) atoms. The van der Waals surface area contributed by atoms with Crippen molar-refractivity contribution in [3.05, 3.63) is 64.2 Å². The van der Waals surface area contributed by atoms with Crippen LogP contribution in [0.3, 0.4) is 0 Å². The van der Waals surface area contributed by atoms with Gasteiger partial charge in [-0.25, -0.2) is 9.97 Å². The van der Waals surface area contributed by atoms with Gasteiger partial charge >= 0.3 is 0 Å². The molecular weight excluding hydrogens is 244 g/mol. The minimum Gasteiger partial charge on any atom is -0.304 e. The van der Waals surface area contributed by atoms with Gasteiger partial charge in [0.2, 0.25) is 0 Å². The van der Waals surface area contributed by atoms with E-state index in [1.54, 1.807) is 30.5 Å². The first-order valence-corrected chi connectivity index (χ1v) is 5.90. The van der Waals surface area contributed by atoms with Crippen LogP contribution >= 0.6 is 0 Å². The quantitative estimate of drug-likeness (QED) is 0.657. The molecule has 2 rings (SSSR count). The van der Waals surface area contributed by atoms with E-state index in [1.165, 1.54) is 12.4 Å². The third kappa shape index (κ3) is 3.32. The van der Waals surface area contributed by atoms with Crippen LogP contribution in [0.5, 0.6) is 0 Å². The van der Waals surface area contributed by atoms with Crippen molar-refractivity contribution in [2.24, 2.45) is 0 Å². The average molecular weight is 258 g/mol. The molecule has 1 aromatic heterocycles. The van der Waals surface area contributed by atoms with E-state index in [1.807, 2.05) is 6.92 Å². The number of nitro groups is 1. The van der Waals surface area contributed by atoms with Crippen molar-refractivity contribution < 1.29 is 4.92 Å². The summed E-state index contributed by atoms with van der Waals surface area (Å²) in [6.07, 6.45) is 3.15. The fourth-order valence-electron chi connectivity index (χ4n) is 1.81.